The molecule has 0 fully saturated rings. The lowest BCUT2D eigenvalue weighted by Crippen LogP contribution is -2.33. The number of likely N-dealkylation sites (N-methyl/N-ethyl adjacent to an activating group) is 1. The van der Waals surface area contributed by atoms with Gasteiger partial charge >= 0.3 is 0 Å². The zero-order valence-electron chi connectivity index (χ0n) is 9.74. The fourth-order valence-electron chi connectivity index (χ4n) is 1.51. The molecule has 0 saturated carbocycles. The molecule has 1 N–H and O–H groups in total. The summed E-state index contributed by atoms with van der Waals surface area (Å²) in [4.78, 5) is 11.8. The molecule has 0 saturated heterocycles. The Morgan fingerprint density at radius 2 is 1.82 bits per heavy atom. The molecule has 0 aliphatic carbocycles. The van der Waals surface area contributed by atoms with Crippen LogP contribution in [0.5, 0.6) is 0 Å². The van der Waals surface area contributed by atoms with Crippen LogP contribution in [0, 0.1) is 0 Å². The first-order valence-electron chi connectivity index (χ1n) is 5.19. The number of hydrogen-bond acceptors (Lipinski definition) is 2. The summed E-state index contributed by atoms with van der Waals surface area (Å²) in [6, 6.07) is 5.23. The summed E-state index contributed by atoms with van der Waals surface area (Å²) in [5, 5.41) is 2.89. The van der Waals surface area contributed by atoms with Gasteiger partial charge in [-0.2, -0.15) is 0 Å². The molecule has 0 bridgehead atoms. The summed E-state index contributed by atoms with van der Waals surface area (Å²) >= 11 is 0. The predicted octanol–water partition coefficient (Wildman–Crippen LogP) is 3.23. The zero-order chi connectivity index (χ0) is 12.1. The first kappa shape index (κ1) is 16.0. The number of carbonyl (C=O) groups excluding carboxylic acids is 1. The van der Waals surface area contributed by atoms with Crippen molar-refractivity contribution in [2.45, 2.75) is 25.8 Å². The van der Waals surface area contributed by atoms with Crippen molar-refractivity contribution < 1.29 is 13.6 Å². The van der Waals surface area contributed by atoms with Gasteiger partial charge in [-0.05, 0) is 13.5 Å². The largest absolute Gasteiger partial charge is 0.310 e. The number of halogens is 3. The molecule has 0 aliphatic heterocycles. The molecule has 5 heteroatoms. The van der Waals surface area contributed by atoms with Gasteiger partial charge in [0.1, 0.15) is 0 Å². The summed E-state index contributed by atoms with van der Waals surface area (Å²) in [5.74, 6) is -0.0641. The van der Waals surface area contributed by atoms with Gasteiger partial charge in [0.25, 0.3) is 6.43 Å². The van der Waals surface area contributed by atoms with Crippen LogP contribution in [0.1, 0.15) is 35.7 Å². The first-order chi connectivity index (χ1) is 7.60. The van der Waals surface area contributed by atoms with Crippen LogP contribution in [0.15, 0.2) is 24.3 Å². The topological polar surface area (TPSA) is 29.1 Å². The van der Waals surface area contributed by atoms with Crippen molar-refractivity contribution in [3.8, 4) is 0 Å². The second-order valence-corrected chi connectivity index (χ2v) is 3.54. The fraction of sp³-hybridized carbons (Fsp3) is 0.417. The summed E-state index contributed by atoms with van der Waals surface area (Å²) in [5.41, 5.74) is 0.402. The van der Waals surface area contributed by atoms with Crippen LogP contribution in [0.4, 0.5) is 8.78 Å². The van der Waals surface area contributed by atoms with Crippen molar-refractivity contribution >= 4 is 18.2 Å². The van der Waals surface area contributed by atoms with Gasteiger partial charge in [0.05, 0.1) is 6.04 Å². The number of carbonyl (C=O) groups is 1. The summed E-state index contributed by atoms with van der Waals surface area (Å²) < 4.78 is 24.6. The number of hydrogen-bond donors (Lipinski definition) is 1. The SMILES string of the molecule is CCC(NC)C(=O)c1ccc(C(F)F)cc1.Cl. The molecule has 0 aromatic heterocycles. The Hall–Kier alpha value is -1.00. The number of benzene rings is 1. The number of rotatable bonds is 5. The maximum Gasteiger partial charge on any atom is 0.263 e. The molecule has 0 radical (unpaired) electrons. The van der Waals surface area contributed by atoms with Gasteiger partial charge in [-0.1, -0.05) is 31.2 Å². The number of ketones is 1. The third-order valence-corrected chi connectivity index (χ3v) is 2.52. The maximum absolute atomic E-state index is 12.3. The monoisotopic (exact) mass is 263 g/mol. The zero-order valence-corrected chi connectivity index (χ0v) is 10.6. The van der Waals surface area contributed by atoms with Crippen LogP contribution >= 0.6 is 12.4 Å². The van der Waals surface area contributed by atoms with Gasteiger partial charge in [0.2, 0.25) is 0 Å². The van der Waals surface area contributed by atoms with Gasteiger partial charge in [0.15, 0.2) is 5.78 Å². The van der Waals surface area contributed by atoms with Crippen molar-refractivity contribution in [3.63, 3.8) is 0 Å². The minimum absolute atomic E-state index is 0. The standard InChI is InChI=1S/C12H15F2NO.ClH/c1-3-10(15-2)11(16)8-4-6-9(7-5-8)12(13)14;/h4-7,10,12,15H,3H2,1-2H3;1H. The van der Waals surface area contributed by atoms with E-state index in [0.29, 0.717) is 12.0 Å². The number of nitrogens with one attached hydrogen (secondary N) is 1. The third kappa shape index (κ3) is 4.06. The number of alkyl halides is 2. The molecule has 0 spiro atoms. The predicted molar refractivity (Wildman–Crippen MR) is 66.1 cm³/mol. The second-order valence-electron chi connectivity index (χ2n) is 3.54. The highest BCUT2D eigenvalue weighted by Crippen LogP contribution is 2.19. The molecule has 0 amide bonds. The quantitative estimate of drug-likeness (QED) is 0.827. The second kappa shape index (κ2) is 7.35. The van der Waals surface area contributed by atoms with E-state index in [1.807, 2.05) is 6.92 Å². The van der Waals surface area contributed by atoms with Crippen LogP contribution in [0.3, 0.4) is 0 Å². The number of Topliss-reactive ketones (excluding diaryl/α,β-unsaturated/α-hetero) is 1. The van der Waals surface area contributed by atoms with Gasteiger partial charge in [-0.25, -0.2) is 8.78 Å². The van der Waals surface area contributed by atoms with Gasteiger partial charge in [-0.15, -0.1) is 12.4 Å². The molecule has 1 aromatic rings. The minimum atomic E-state index is -2.49. The normalized spacial score (nSPS) is 12.1. The Bertz CT molecular complexity index is 350. The Morgan fingerprint density at radius 1 is 1.29 bits per heavy atom. The van der Waals surface area contributed by atoms with E-state index in [0.717, 1.165) is 0 Å². The molecule has 1 aromatic carbocycles. The highest BCUT2D eigenvalue weighted by Gasteiger charge is 2.16. The van der Waals surface area contributed by atoms with E-state index in [9.17, 15) is 13.6 Å². The molecule has 96 valence electrons. The van der Waals surface area contributed by atoms with Crippen LogP contribution in [0.25, 0.3) is 0 Å². The average Bonchev–Trinajstić information content (AvgIpc) is 2.30. The molecule has 17 heavy (non-hydrogen) atoms. The Balaban J connectivity index is 0.00000256. The van der Waals surface area contributed by atoms with E-state index < -0.39 is 6.43 Å². The fourth-order valence-corrected chi connectivity index (χ4v) is 1.51. The van der Waals surface area contributed by atoms with E-state index >= 15 is 0 Å². The lowest BCUT2D eigenvalue weighted by atomic mass is 10.0. The highest BCUT2D eigenvalue weighted by atomic mass is 35.5. The van der Waals surface area contributed by atoms with Crippen molar-refractivity contribution in [1.29, 1.82) is 0 Å². The van der Waals surface area contributed by atoms with E-state index in [-0.39, 0.29) is 29.8 Å². The lowest BCUT2D eigenvalue weighted by molar-refractivity contribution is 0.0944. The smallest absolute Gasteiger partial charge is 0.263 e. The Kier molecular flexibility index (Phi) is 6.92. The summed E-state index contributed by atoms with van der Waals surface area (Å²) in [7, 11) is 1.71. The highest BCUT2D eigenvalue weighted by molar-refractivity contribution is 6.00. The van der Waals surface area contributed by atoms with E-state index in [4.69, 9.17) is 0 Å². The lowest BCUT2D eigenvalue weighted by Gasteiger charge is -2.12. The Morgan fingerprint density at radius 3 is 2.18 bits per heavy atom. The van der Waals surface area contributed by atoms with Crippen molar-refractivity contribution in [2.75, 3.05) is 7.05 Å². The van der Waals surface area contributed by atoms with Crippen LogP contribution in [0.2, 0.25) is 0 Å². The minimum Gasteiger partial charge on any atom is -0.310 e. The van der Waals surface area contributed by atoms with Gasteiger partial charge < -0.3 is 5.32 Å². The van der Waals surface area contributed by atoms with Crippen LogP contribution < -0.4 is 5.32 Å². The van der Waals surface area contributed by atoms with Crippen LogP contribution in [-0.2, 0) is 0 Å². The van der Waals surface area contributed by atoms with Crippen molar-refractivity contribution in [3.05, 3.63) is 35.4 Å². The van der Waals surface area contributed by atoms with Crippen molar-refractivity contribution in [2.24, 2.45) is 0 Å². The molecule has 2 nitrogen and oxygen atoms in total. The molecule has 0 heterocycles. The van der Waals surface area contributed by atoms with E-state index in [1.165, 1.54) is 24.3 Å². The summed E-state index contributed by atoms with van der Waals surface area (Å²) in [6.07, 6.45) is -1.82. The van der Waals surface area contributed by atoms with Crippen molar-refractivity contribution in [1.82, 2.24) is 5.32 Å². The molecular formula is C12H16ClF2NO. The maximum atomic E-state index is 12.3. The molecular weight excluding hydrogens is 248 g/mol. The average molecular weight is 264 g/mol. The molecule has 1 atom stereocenters. The molecule has 0 aliphatic rings. The first-order valence-corrected chi connectivity index (χ1v) is 5.19. The third-order valence-electron chi connectivity index (χ3n) is 2.52. The van der Waals surface area contributed by atoms with Gasteiger partial charge in [0, 0.05) is 11.1 Å². The molecule has 1 unspecified atom stereocenters. The summed E-state index contributed by atoms with van der Waals surface area (Å²) in [6.45, 7) is 1.90. The van der Waals surface area contributed by atoms with E-state index in [2.05, 4.69) is 5.32 Å². The van der Waals surface area contributed by atoms with Crippen LogP contribution in [-0.4, -0.2) is 18.9 Å². The molecule has 1 rings (SSSR count). The van der Waals surface area contributed by atoms with Gasteiger partial charge in [-0.3, -0.25) is 4.79 Å². The Labute approximate surface area is 106 Å². The van der Waals surface area contributed by atoms with E-state index in [1.54, 1.807) is 7.05 Å².